The van der Waals surface area contributed by atoms with Crippen molar-refractivity contribution in [2.45, 2.75) is 32.7 Å². The molecule has 1 unspecified atom stereocenters. The van der Waals surface area contributed by atoms with Gasteiger partial charge in [0, 0.05) is 12.8 Å². The number of hydrogen-bond acceptors (Lipinski definition) is 4. The lowest BCUT2D eigenvalue weighted by atomic mass is 10.0. The van der Waals surface area contributed by atoms with Gasteiger partial charge in [-0.25, -0.2) is 4.79 Å². The first kappa shape index (κ1) is 15.8. The summed E-state index contributed by atoms with van der Waals surface area (Å²) in [7, 11) is 0. The third kappa shape index (κ3) is 4.79. The zero-order valence-electron chi connectivity index (χ0n) is 11.5. The van der Waals surface area contributed by atoms with E-state index in [0.717, 1.165) is 0 Å². The van der Waals surface area contributed by atoms with E-state index in [1.165, 1.54) is 18.2 Å². The summed E-state index contributed by atoms with van der Waals surface area (Å²) in [5, 5.41) is 30.1. The van der Waals surface area contributed by atoms with Gasteiger partial charge in [0.1, 0.15) is 6.04 Å². The van der Waals surface area contributed by atoms with Gasteiger partial charge in [0.25, 0.3) is 0 Å². The Labute approximate surface area is 117 Å². The normalized spacial score (nSPS) is 12.2. The summed E-state index contributed by atoms with van der Waals surface area (Å²) in [5.41, 5.74) is 0.512. The Hall–Kier alpha value is -2.24. The quantitative estimate of drug-likeness (QED) is 0.587. The van der Waals surface area contributed by atoms with Gasteiger partial charge in [-0.3, -0.25) is 4.79 Å². The fourth-order valence-corrected chi connectivity index (χ4v) is 1.76. The van der Waals surface area contributed by atoms with E-state index in [1.807, 2.05) is 13.8 Å². The lowest BCUT2D eigenvalue weighted by Gasteiger charge is -2.15. The monoisotopic (exact) mass is 281 g/mol. The molecule has 0 saturated heterocycles. The molecule has 4 N–H and O–H groups in total. The van der Waals surface area contributed by atoms with Gasteiger partial charge in [0.15, 0.2) is 11.5 Å². The Morgan fingerprint density at radius 1 is 1.20 bits per heavy atom. The predicted octanol–water partition coefficient (Wildman–Crippen LogP) is 1.26. The zero-order valence-corrected chi connectivity index (χ0v) is 11.5. The topological polar surface area (TPSA) is 107 Å². The number of phenols is 2. The summed E-state index contributed by atoms with van der Waals surface area (Å²) in [6.45, 7) is 3.74. The maximum atomic E-state index is 11.6. The highest BCUT2D eigenvalue weighted by Crippen LogP contribution is 2.25. The third-order valence-corrected chi connectivity index (χ3v) is 2.71. The molecule has 0 fully saturated rings. The molecule has 0 radical (unpaired) electrons. The number of benzene rings is 1. The lowest BCUT2D eigenvalue weighted by molar-refractivity contribution is -0.141. The number of carbonyl (C=O) groups is 2. The highest BCUT2D eigenvalue weighted by atomic mass is 16.4. The van der Waals surface area contributed by atoms with Crippen LogP contribution >= 0.6 is 0 Å². The molecule has 1 amide bonds. The minimum atomic E-state index is -1.14. The van der Waals surface area contributed by atoms with Crippen LogP contribution in [0.5, 0.6) is 11.5 Å². The molecule has 20 heavy (non-hydrogen) atoms. The van der Waals surface area contributed by atoms with Gasteiger partial charge in [-0.15, -0.1) is 0 Å². The number of hydrogen-bond donors (Lipinski definition) is 4. The van der Waals surface area contributed by atoms with E-state index in [1.54, 1.807) is 0 Å². The van der Waals surface area contributed by atoms with Gasteiger partial charge < -0.3 is 20.6 Å². The Kier molecular flexibility index (Phi) is 5.37. The average Bonchev–Trinajstić information content (AvgIpc) is 2.31. The fraction of sp³-hybridized carbons (Fsp3) is 0.429. The largest absolute Gasteiger partial charge is 0.504 e. The van der Waals surface area contributed by atoms with Crippen molar-refractivity contribution in [2.24, 2.45) is 5.92 Å². The smallest absolute Gasteiger partial charge is 0.326 e. The highest BCUT2D eigenvalue weighted by Gasteiger charge is 2.21. The Bertz CT molecular complexity index is 498. The molecule has 0 aromatic heterocycles. The van der Waals surface area contributed by atoms with Gasteiger partial charge >= 0.3 is 5.97 Å². The molecule has 0 aliphatic heterocycles. The molecular weight excluding hydrogens is 262 g/mol. The van der Waals surface area contributed by atoms with Gasteiger partial charge in [-0.05, 0) is 23.6 Å². The van der Waals surface area contributed by atoms with Crippen molar-refractivity contribution in [3.8, 4) is 11.5 Å². The summed E-state index contributed by atoms with van der Waals surface area (Å²) < 4.78 is 0. The van der Waals surface area contributed by atoms with Crippen molar-refractivity contribution >= 4 is 11.9 Å². The summed E-state index contributed by atoms with van der Waals surface area (Å²) in [4.78, 5) is 22.8. The number of phenolic OH excluding ortho intramolecular Hbond substituents is 2. The average molecular weight is 281 g/mol. The van der Waals surface area contributed by atoms with E-state index >= 15 is 0 Å². The molecule has 0 aliphatic rings. The van der Waals surface area contributed by atoms with E-state index < -0.39 is 12.0 Å². The second-order valence-electron chi connectivity index (χ2n) is 5.08. The second-order valence-corrected chi connectivity index (χ2v) is 5.08. The van der Waals surface area contributed by atoms with E-state index in [0.29, 0.717) is 5.56 Å². The number of aliphatic carboxylic acids is 1. The Morgan fingerprint density at radius 2 is 1.85 bits per heavy atom. The lowest BCUT2D eigenvalue weighted by Crippen LogP contribution is -2.42. The molecule has 110 valence electrons. The fourth-order valence-electron chi connectivity index (χ4n) is 1.76. The van der Waals surface area contributed by atoms with Gasteiger partial charge in [-0.1, -0.05) is 19.9 Å². The van der Waals surface area contributed by atoms with Crippen LogP contribution in [0.25, 0.3) is 0 Å². The highest BCUT2D eigenvalue weighted by molar-refractivity contribution is 5.83. The summed E-state index contributed by atoms with van der Waals surface area (Å²) >= 11 is 0. The van der Waals surface area contributed by atoms with Crippen molar-refractivity contribution in [2.75, 3.05) is 0 Å². The number of rotatable bonds is 6. The number of amides is 1. The van der Waals surface area contributed by atoms with Crippen LogP contribution in [-0.4, -0.2) is 33.2 Å². The third-order valence-electron chi connectivity index (χ3n) is 2.71. The summed E-state index contributed by atoms with van der Waals surface area (Å²) in [6.07, 6.45) is 0.289. The van der Waals surface area contributed by atoms with Crippen molar-refractivity contribution in [1.29, 1.82) is 0 Å². The van der Waals surface area contributed by atoms with E-state index in [2.05, 4.69) is 5.32 Å². The zero-order chi connectivity index (χ0) is 15.3. The van der Waals surface area contributed by atoms with Gasteiger partial charge in [0.2, 0.25) is 5.91 Å². The van der Waals surface area contributed by atoms with Crippen molar-refractivity contribution < 1.29 is 24.9 Å². The number of carboxylic acid groups (broad SMARTS) is 1. The molecule has 6 heteroatoms. The van der Waals surface area contributed by atoms with Crippen molar-refractivity contribution in [1.82, 2.24) is 5.32 Å². The molecule has 1 aromatic carbocycles. The standard InChI is InChI=1S/C14H19NO5/c1-8(2)5-13(18)15-10(14(19)20)6-9-3-4-11(16)12(17)7-9/h3-4,7-8,10,16-17H,5-6H2,1-2H3,(H,15,18)(H,19,20). The minimum absolute atomic E-state index is 0.0347. The maximum Gasteiger partial charge on any atom is 0.326 e. The molecule has 0 spiro atoms. The minimum Gasteiger partial charge on any atom is -0.504 e. The number of nitrogens with one attached hydrogen (secondary N) is 1. The molecule has 0 aliphatic carbocycles. The first-order chi connectivity index (χ1) is 9.29. The molecule has 6 nitrogen and oxygen atoms in total. The number of aromatic hydroxyl groups is 2. The van der Waals surface area contributed by atoms with Crippen LogP contribution in [0, 0.1) is 5.92 Å². The Balaban J connectivity index is 2.74. The van der Waals surface area contributed by atoms with Gasteiger partial charge in [0.05, 0.1) is 0 Å². The SMILES string of the molecule is CC(C)CC(=O)NC(Cc1ccc(O)c(O)c1)C(=O)O. The van der Waals surface area contributed by atoms with Crippen molar-refractivity contribution in [3.63, 3.8) is 0 Å². The van der Waals surface area contributed by atoms with Crippen LogP contribution in [0.2, 0.25) is 0 Å². The molecule has 0 bridgehead atoms. The summed E-state index contributed by atoms with van der Waals surface area (Å²) in [5.74, 6) is -1.92. The molecular formula is C14H19NO5. The predicted molar refractivity (Wildman–Crippen MR) is 72.5 cm³/mol. The number of carbonyl (C=O) groups excluding carboxylic acids is 1. The van der Waals surface area contributed by atoms with E-state index in [9.17, 15) is 19.8 Å². The molecule has 1 rings (SSSR count). The molecule has 0 heterocycles. The van der Waals surface area contributed by atoms with Crippen molar-refractivity contribution in [3.05, 3.63) is 23.8 Å². The van der Waals surface area contributed by atoms with Crippen LogP contribution in [0.1, 0.15) is 25.8 Å². The van der Waals surface area contributed by atoms with Crippen LogP contribution in [0.15, 0.2) is 18.2 Å². The van der Waals surface area contributed by atoms with Crippen LogP contribution in [0.3, 0.4) is 0 Å². The van der Waals surface area contributed by atoms with E-state index in [-0.39, 0.29) is 36.2 Å². The Morgan fingerprint density at radius 3 is 2.35 bits per heavy atom. The molecule has 0 saturated carbocycles. The van der Waals surface area contributed by atoms with Crippen LogP contribution in [-0.2, 0) is 16.0 Å². The maximum absolute atomic E-state index is 11.6. The van der Waals surface area contributed by atoms with Crippen LogP contribution < -0.4 is 5.32 Å². The summed E-state index contributed by atoms with van der Waals surface area (Å²) in [6, 6.07) is 2.99. The van der Waals surface area contributed by atoms with E-state index in [4.69, 9.17) is 5.11 Å². The second kappa shape index (κ2) is 6.79. The van der Waals surface area contributed by atoms with Crippen LogP contribution in [0.4, 0.5) is 0 Å². The van der Waals surface area contributed by atoms with Gasteiger partial charge in [-0.2, -0.15) is 0 Å². The number of carboxylic acids is 1. The molecule has 1 aromatic rings. The molecule has 1 atom stereocenters. The first-order valence-electron chi connectivity index (χ1n) is 6.32. The first-order valence-corrected chi connectivity index (χ1v) is 6.32.